The zero-order chi connectivity index (χ0) is 36.3. The summed E-state index contributed by atoms with van der Waals surface area (Å²) in [5.41, 5.74) is 12.4. The van der Waals surface area contributed by atoms with Gasteiger partial charge in [0.05, 0.1) is 16.1 Å². The molecule has 0 spiro atoms. The van der Waals surface area contributed by atoms with Crippen molar-refractivity contribution in [3.8, 4) is 33.4 Å². The van der Waals surface area contributed by atoms with E-state index in [1.54, 1.807) is 0 Å². The van der Waals surface area contributed by atoms with E-state index < -0.39 is 0 Å². The average molecular weight is 720 g/mol. The third-order valence-corrected chi connectivity index (χ3v) is 12.1. The van der Waals surface area contributed by atoms with Crippen molar-refractivity contribution in [2.75, 3.05) is 4.90 Å². The fourth-order valence-electron chi connectivity index (χ4n) is 8.31. The summed E-state index contributed by atoms with van der Waals surface area (Å²) in [6.45, 7) is 0. The lowest BCUT2D eigenvalue weighted by Gasteiger charge is -2.28. The lowest BCUT2D eigenvalue weighted by molar-refractivity contribution is 0.669. The van der Waals surface area contributed by atoms with Gasteiger partial charge in [0, 0.05) is 37.3 Å². The van der Waals surface area contributed by atoms with E-state index in [1.165, 1.54) is 53.2 Å². The number of furan rings is 1. The first kappa shape index (κ1) is 31.6. The number of nitrogens with zero attached hydrogens (tertiary/aromatic N) is 1. The molecule has 0 saturated heterocycles. The highest BCUT2D eigenvalue weighted by molar-refractivity contribution is 7.26. The van der Waals surface area contributed by atoms with Crippen molar-refractivity contribution >= 4 is 81.3 Å². The van der Waals surface area contributed by atoms with E-state index >= 15 is 0 Å². The molecule has 0 aliphatic rings. The Balaban J connectivity index is 1.13. The fraction of sp³-hybridized carbons (Fsp3) is 0. The summed E-state index contributed by atoms with van der Waals surface area (Å²) in [6, 6.07) is 72.2. The first-order chi connectivity index (χ1) is 27.3. The topological polar surface area (TPSA) is 16.4 Å². The molecular formula is C52H33NOS. The highest BCUT2D eigenvalue weighted by atomic mass is 32.1. The molecule has 0 atom stereocenters. The molecule has 55 heavy (non-hydrogen) atoms. The molecule has 2 nitrogen and oxygen atoms in total. The van der Waals surface area contributed by atoms with Gasteiger partial charge in [-0.25, -0.2) is 0 Å². The third kappa shape index (κ3) is 5.24. The number of fused-ring (bicyclic) bond motifs is 7. The van der Waals surface area contributed by atoms with E-state index in [4.69, 9.17) is 4.42 Å². The molecule has 0 saturated carbocycles. The molecule has 0 aliphatic carbocycles. The van der Waals surface area contributed by atoms with E-state index in [2.05, 4.69) is 193 Å². The van der Waals surface area contributed by atoms with Crippen LogP contribution in [0, 0.1) is 0 Å². The Bertz CT molecular complexity index is 3190. The minimum Gasteiger partial charge on any atom is -0.456 e. The summed E-state index contributed by atoms with van der Waals surface area (Å²) in [5.74, 6) is 0. The maximum absolute atomic E-state index is 6.27. The highest BCUT2D eigenvalue weighted by Gasteiger charge is 2.23. The number of rotatable bonds is 6. The van der Waals surface area contributed by atoms with Crippen LogP contribution in [-0.4, -0.2) is 0 Å². The Morgan fingerprint density at radius 3 is 1.73 bits per heavy atom. The molecule has 258 valence electrons. The number of thiophene rings is 1. The van der Waals surface area contributed by atoms with Crippen LogP contribution in [0.15, 0.2) is 205 Å². The van der Waals surface area contributed by atoms with Crippen LogP contribution < -0.4 is 4.90 Å². The Kier molecular flexibility index (Phi) is 7.39. The van der Waals surface area contributed by atoms with Gasteiger partial charge in [0.2, 0.25) is 0 Å². The Hall–Kier alpha value is -6.94. The van der Waals surface area contributed by atoms with Crippen LogP contribution in [-0.2, 0) is 0 Å². The first-order valence-electron chi connectivity index (χ1n) is 18.7. The molecule has 3 heteroatoms. The van der Waals surface area contributed by atoms with Crippen molar-refractivity contribution in [3.05, 3.63) is 200 Å². The zero-order valence-corrected chi connectivity index (χ0v) is 30.6. The van der Waals surface area contributed by atoms with Gasteiger partial charge in [0.25, 0.3) is 0 Å². The maximum atomic E-state index is 6.27. The lowest BCUT2D eigenvalue weighted by atomic mass is 9.95. The lowest BCUT2D eigenvalue weighted by Crippen LogP contribution is -2.11. The molecule has 2 aromatic heterocycles. The van der Waals surface area contributed by atoms with Gasteiger partial charge in [-0.1, -0.05) is 152 Å². The molecule has 11 rings (SSSR count). The van der Waals surface area contributed by atoms with E-state index in [-0.39, 0.29) is 0 Å². The van der Waals surface area contributed by atoms with Crippen molar-refractivity contribution in [1.29, 1.82) is 0 Å². The van der Waals surface area contributed by atoms with Crippen LogP contribution in [0.25, 0.3) is 86.3 Å². The second kappa shape index (κ2) is 12.9. The van der Waals surface area contributed by atoms with Crippen LogP contribution in [0.4, 0.5) is 17.1 Å². The largest absolute Gasteiger partial charge is 0.456 e. The summed E-state index contributed by atoms with van der Waals surface area (Å²) in [6.07, 6.45) is 0. The van der Waals surface area contributed by atoms with Gasteiger partial charge in [-0.15, -0.1) is 11.3 Å². The van der Waals surface area contributed by atoms with Gasteiger partial charge < -0.3 is 9.32 Å². The third-order valence-electron chi connectivity index (χ3n) is 10.9. The van der Waals surface area contributed by atoms with E-state index in [0.29, 0.717) is 0 Å². The quantitative estimate of drug-likeness (QED) is 0.170. The van der Waals surface area contributed by atoms with Gasteiger partial charge in [0.15, 0.2) is 0 Å². The van der Waals surface area contributed by atoms with Crippen molar-refractivity contribution < 1.29 is 4.42 Å². The molecule has 0 N–H and O–H groups in total. The fourth-order valence-corrected chi connectivity index (χ4v) is 9.55. The van der Waals surface area contributed by atoms with Gasteiger partial charge >= 0.3 is 0 Å². The minimum absolute atomic E-state index is 0.903. The Labute approximate surface area is 322 Å². The predicted octanol–water partition coefficient (Wildman–Crippen LogP) is 15.6. The van der Waals surface area contributed by atoms with Gasteiger partial charge in [-0.3, -0.25) is 0 Å². The molecule has 0 aliphatic heterocycles. The standard InChI is InChI=1S/C52H33NOS/c1-3-13-35(14-4-1)39-29-31-46(42-18-8-7-17-41(39)42)53(38-26-23-34(24-27-38)37-25-28-44-43-19-9-11-21-48(43)54-49(44)33-37)47-32-30-40(36-15-5-2-6-16-36)51-45-20-10-12-22-50(45)55-52(47)51/h1-33H. The Morgan fingerprint density at radius 2 is 0.945 bits per heavy atom. The summed E-state index contributed by atoms with van der Waals surface area (Å²) in [4.78, 5) is 2.47. The molecular weight excluding hydrogens is 687 g/mol. The maximum Gasteiger partial charge on any atom is 0.136 e. The molecule has 9 aromatic carbocycles. The van der Waals surface area contributed by atoms with Gasteiger partial charge in [-0.05, 0) is 87.3 Å². The minimum atomic E-state index is 0.903. The van der Waals surface area contributed by atoms with Crippen molar-refractivity contribution in [2.24, 2.45) is 0 Å². The molecule has 0 fully saturated rings. The normalized spacial score (nSPS) is 11.6. The molecule has 0 bridgehead atoms. The molecule has 2 heterocycles. The number of benzene rings is 9. The van der Waals surface area contributed by atoms with Crippen LogP contribution in [0.1, 0.15) is 0 Å². The van der Waals surface area contributed by atoms with Gasteiger partial charge in [-0.2, -0.15) is 0 Å². The van der Waals surface area contributed by atoms with Gasteiger partial charge in [0.1, 0.15) is 11.2 Å². The first-order valence-corrected chi connectivity index (χ1v) is 19.5. The summed E-state index contributed by atoms with van der Waals surface area (Å²) >= 11 is 1.87. The van der Waals surface area contributed by atoms with Crippen molar-refractivity contribution in [2.45, 2.75) is 0 Å². The molecule has 0 amide bonds. The molecule has 0 unspecified atom stereocenters. The van der Waals surface area contributed by atoms with E-state index in [9.17, 15) is 0 Å². The number of hydrogen-bond acceptors (Lipinski definition) is 3. The van der Waals surface area contributed by atoms with E-state index in [0.717, 1.165) is 50.1 Å². The second-order valence-electron chi connectivity index (χ2n) is 14.0. The number of anilines is 3. The summed E-state index contributed by atoms with van der Waals surface area (Å²) < 4.78 is 8.82. The van der Waals surface area contributed by atoms with Crippen LogP contribution in [0.5, 0.6) is 0 Å². The summed E-state index contributed by atoms with van der Waals surface area (Å²) in [7, 11) is 0. The predicted molar refractivity (Wildman–Crippen MR) is 235 cm³/mol. The summed E-state index contributed by atoms with van der Waals surface area (Å²) in [5, 5.41) is 7.27. The van der Waals surface area contributed by atoms with Crippen molar-refractivity contribution in [1.82, 2.24) is 0 Å². The SMILES string of the molecule is c1ccc(-c2ccc(N(c3ccc(-c4ccc5c(c4)oc4ccccc45)cc3)c3ccc(-c4ccccc4)c4c3sc3ccccc34)c3ccccc23)cc1. The number of para-hydroxylation sites is 1. The van der Waals surface area contributed by atoms with Crippen LogP contribution in [0.3, 0.4) is 0 Å². The van der Waals surface area contributed by atoms with Crippen LogP contribution in [0.2, 0.25) is 0 Å². The monoisotopic (exact) mass is 719 g/mol. The highest BCUT2D eigenvalue weighted by Crippen LogP contribution is 2.50. The molecule has 0 radical (unpaired) electrons. The number of hydrogen-bond donors (Lipinski definition) is 0. The average Bonchev–Trinajstić information content (AvgIpc) is 3.84. The zero-order valence-electron chi connectivity index (χ0n) is 29.8. The Morgan fingerprint density at radius 1 is 0.364 bits per heavy atom. The molecule has 11 aromatic rings. The van der Waals surface area contributed by atoms with E-state index in [1.807, 2.05) is 23.5 Å². The van der Waals surface area contributed by atoms with Crippen LogP contribution >= 0.6 is 11.3 Å². The second-order valence-corrected chi connectivity index (χ2v) is 15.1. The smallest absolute Gasteiger partial charge is 0.136 e. The van der Waals surface area contributed by atoms with Crippen molar-refractivity contribution in [3.63, 3.8) is 0 Å².